The fraction of sp³-hybridized carbons (Fsp3) is 0.400. The maximum absolute atomic E-state index is 12.1. The van der Waals surface area contributed by atoms with Crippen LogP contribution in [0.1, 0.15) is 25.3 Å². The van der Waals surface area contributed by atoms with E-state index < -0.39 is 12.1 Å². The van der Waals surface area contributed by atoms with Gasteiger partial charge >= 0.3 is 5.97 Å². The van der Waals surface area contributed by atoms with Crippen molar-refractivity contribution in [1.82, 2.24) is 4.90 Å². The molecule has 6 heteroatoms. The quantitative estimate of drug-likeness (QED) is 0.824. The molecule has 1 rings (SSSR count). The minimum absolute atomic E-state index is 0.0180. The summed E-state index contributed by atoms with van der Waals surface area (Å²) in [5.74, 6) is -0.781. The lowest BCUT2D eigenvalue weighted by atomic mass is 10.2. The Bertz CT molecular complexity index is 551. The van der Waals surface area contributed by atoms with Crippen LogP contribution in [-0.2, 0) is 9.59 Å². The van der Waals surface area contributed by atoms with Crippen molar-refractivity contribution in [1.29, 1.82) is 5.26 Å². The van der Waals surface area contributed by atoms with Gasteiger partial charge in [-0.1, -0.05) is 12.1 Å². The van der Waals surface area contributed by atoms with Gasteiger partial charge in [0.15, 0.2) is 6.10 Å². The van der Waals surface area contributed by atoms with E-state index in [-0.39, 0.29) is 12.3 Å². The van der Waals surface area contributed by atoms with Gasteiger partial charge in [0.1, 0.15) is 11.8 Å². The monoisotopic (exact) mass is 290 g/mol. The lowest BCUT2D eigenvalue weighted by Crippen LogP contribution is -2.38. The summed E-state index contributed by atoms with van der Waals surface area (Å²) in [6.45, 7) is 1.95. The van der Waals surface area contributed by atoms with E-state index in [9.17, 15) is 9.59 Å². The van der Waals surface area contributed by atoms with Gasteiger partial charge in [-0.2, -0.15) is 5.26 Å². The molecule has 0 spiro atoms. The lowest BCUT2D eigenvalue weighted by Gasteiger charge is -2.22. The van der Waals surface area contributed by atoms with Crippen LogP contribution in [-0.4, -0.2) is 41.6 Å². The first-order chi connectivity index (χ1) is 9.95. The second-order valence-electron chi connectivity index (χ2n) is 4.63. The zero-order valence-corrected chi connectivity index (χ0v) is 12.1. The smallest absolute Gasteiger partial charge is 0.303 e. The molecule has 0 fully saturated rings. The van der Waals surface area contributed by atoms with Gasteiger partial charge in [0.25, 0.3) is 5.91 Å². The van der Waals surface area contributed by atoms with Crippen LogP contribution in [0.15, 0.2) is 24.3 Å². The Morgan fingerprint density at radius 2 is 2.10 bits per heavy atom. The number of nitrogens with zero attached hydrogens (tertiary/aromatic N) is 2. The molecule has 21 heavy (non-hydrogen) atoms. The molecule has 1 unspecified atom stereocenters. The summed E-state index contributed by atoms with van der Waals surface area (Å²) in [6, 6.07) is 8.69. The highest BCUT2D eigenvalue weighted by atomic mass is 16.5. The molecule has 1 aromatic carbocycles. The summed E-state index contributed by atoms with van der Waals surface area (Å²) in [6.07, 6.45) is -0.335. The van der Waals surface area contributed by atoms with Crippen molar-refractivity contribution in [3.05, 3.63) is 29.8 Å². The highest BCUT2D eigenvalue weighted by Crippen LogP contribution is 2.18. The molecule has 0 aliphatic rings. The zero-order valence-electron chi connectivity index (χ0n) is 12.1. The van der Waals surface area contributed by atoms with E-state index >= 15 is 0 Å². The van der Waals surface area contributed by atoms with Crippen molar-refractivity contribution in [2.45, 2.75) is 25.9 Å². The highest BCUT2D eigenvalue weighted by molar-refractivity contribution is 5.80. The highest BCUT2D eigenvalue weighted by Gasteiger charge is 2.20. The molecular formula is C15H18N2O4. The Morgan fingerprint density at radius 3 is 2.71 bits per heavy atom. The molecule has 0 saturated carbocycles. The number of amides is 1. The van der Waals surface area contributed by atoms with Gasteiger partial charge in [-0.15, -0.1) is 0 Å². The number of hydrogen-bond acceptors (Lipinski definition) is 4. The molecule has 1 atom stereocenters. The minimum atomic E-state index is -0.886. The topological polar surface area (TPSA) is 90.6 Å². The number of carboxylic acid groups (broad SMARTS) is 1. The predicted molar refractivity (Wildman–Crippen MR) is 75.8 cm³/mol. The molecule has 0 radical (unpaired) electrons. The van der Waals surface area contributed by atoms with Gasteiger partial charge in [-0.05, 0) is 25.5 Å². The Labute approximate surface area is 123 Å². The number of likely N-dealkylation sites (N-methyl/N-ethyl adjacent to an activating group) is 1. The number of nitriles is 1. The van der Waals surface area contributed by atoms with E-state index in [1.165, 1.54) is 4.90 Å². The number of hydrogen-bond donors (Lipinski definition) is 1. The molecular weight excluding hydrogens is 272 g/mol. The molecule has 1 amide bonds. The predicted octanol–water partition coefficient (Wildman–Crippen LogP) is 1.65. The third-order valence-corrected chi connectivity index (χ3v) is 2.92. The first-order valence-corrected chi connectivity index (χ1v) is 6.58. The summed E-state index contributed by atoms with van der Waals surface area (Å²) in [5.41, 5.74) is 0.366. The van der Waals surface area contributed by atoms with Crippen LogP contribution >= 0.6 is 0 Å². The van der Waals surface area contributed by atoms with Crippen molar-refractivity contribution in [2.75, 3.05) is 13.6 Å². The maximum atomic E-state index is 12.1. The van der Waals surface area contributed by atoms with Crippen LogP contribution < -0.4 is 4.74 Å². The minimum Gasteiger partial charge on any atom is -0.481 e. The normalized spacial score (nSPS) is 11.3. The second-order valence-corrected chi connectivity index (χ2v) is 4.63. The average Bonchev–Trinajstić information content (AvgIpc) is 2.46. The van der Waals surface area contributed by atoms with E-state index in [1.807, 2.05) is 6.07 Å². The number of carbonyl (C=O) groups excluding carboxylic acids is 1. The molecule has 0 saturated heterocycles. The molecule has 0 bridgehead atoms. The fourth-order valence-corrected chi connectivity index (χ4v) is 1.79. The SMILES string of the molecule is CC(Oc1ccccc1C#N)C(=O)N(C)CCCC(=O)O. The number of para-hydroxylation sites is 1. The van der Waals surface area contributed by atoms with Crippen LogP contribution in [0.2, 0.25) is 0 Å². The van der Waals surface area contributed by atoms with Gasteiger partial charge in [0, 0.05) is 20.0 Å². The van der Waals surface area contributed by atoms with Crippen LogP contribution in [0.3, 0.4) is 0 Å². The Balaban J connectivity index is 2.58. The Morgan fingerprint density at radius 1 is 1.43 bits per heavy atom. The van der Waals surface area contributed by atoms with Gasteiger partial charge in [-0.3, -0.25) is 9.59 Å². The van der Waals surface area contributed by atoms with Crippen molar-refractivity contribution in [3.63, 3.8) is 0 Å². The largest absolute Gasteiger partial charge is 0.481 e. The van der Waals surface area contributed by atoms with Crippen LogP contribution in [0.5, 0.6) is 5.75 Å². The van der Waals surface area contributed by atoms with Gasteiger partial charge in [-0.25, -0.2) is 0 Å². The van der Waals surface area contributed by atoms with Gasteiger partial charge in [0.2, 0.25) is 0 Å². The van der Waals surface area contributed by atoms with Crippen molar-refractivity contribution >= 4 is 11.9 Å². The summed E-state index contributed by atoms with van der Waals surface area (Å²) in [7, 11) is 1.60. The Hall–Kier alpha value is -2.55. The van der Waals surface area contributed by atoms with Crippen LogP contribution in [0.25, 0.3) is 0 Å². The van der Waals surface area contributed by atoms with Gasteiger partial charge in [0.05, 0.1) is 5.56 Å². The molecule has 1 N–H and O–H groups in total. The van der Waals surface area contributed by atoms with Gasteiger partial charge < -0.3 is 14.7 Å². The standard InChI is InChI=1S/C15H18N2O4/c1-11(15(20)17(2)9-5-8-14(18)19)21-13-7-4-3-6-12(13)10-16/h3-4,6-7,11H,5,8-9H2,1-2H3,(H,18,19). The summed E-state index contributed by atoms with van der Waals surface area (Å²) in [4.78, 5) is 24.0. The molecule has 6 nitrogen and oxygen atoms in total. The number of benzene rings is 1. The third-order valence-electron chi connectivity index (χ3n) is 2.92. The van der Waals surface area contributed by atoms with Crippen molar-refractivity contribution < 1.29 is 19.4 Å². The number of rotatable bonds is 7. The maximum Gasteiger partial charge on any atom is 0.303 e. The molecule has 112 valence electrons. The summed E-state index contributed by atoms with van der Waals surface area (Å²) >= 11 is 0. The number of ether oxygens (including phenoxy) is 1. The van der Waals surface area contributed by atoms with E-state index in [0.29, 0.717) is 24.3 Å². The molecule has 0 aliphatic carbocycles. The number of aliphatic carboxylic acids is 1. The van der Waals surface area contributed by atoms with Crippen LogP contribution in [0.4, 0.5) is 0 Å². The van der Waals surface area contributed by atoms with Crippen molar-refractivity contribution in [2.24, 2.45) is 0 Å². The number of carboxylic acids is 1. The number of carbonyl (C=O) groups is 2. The van der Waals surface area contributed by atoms with E-state index in [2.05, 4.69) is 0 Å². The second kappa shape index (κ2) is 7.90. The molecule has 1 aromatic rings. The summed E-state index contributed by atoms with van der Waals surface area (Å²) < 4.78 is 5.52. The fourth-order valence-electron chi connectivity index (χ4n) is 1.79. The molecule has 0 aromatic heterocycles. The first kappa shape index (κ1) is 16.5. The van der Waals surface area contributed by atoms with E-state index in [4.69, 9.17) is 15.1 Å². The van der Waals surface area contributed by atoms with Crippen LogP contribution in [0, 0.1) is 11.3 Å². The third kappa shape index (κ3) is 5.15. The van der Waals surface area contributed by atoms with E-state index in [1.54, 1.807) is 38.2 Å². The van der Waals surface area contributed by atoms with E-state index in [0.717, 1.165) is 0 Å². The molecule has 0 heterocycles. The summed E-state index contributed by atoms with van der Waals surface area (Å²) in [5, 5.41) is 17.5. The van der Waals surface area contributed by atoms with Crippen molar-refractivity contribution in [3.8, 4) is 11.8 Å². The lowest BCUT2D eigenvalue weighted by molar-refractivity contribution is -0.139. The Kier molecular flexibility index (Phi) is 6.21. The zero-order chi connectivity index (χ0) is 15.8. The average molecular weight is 290 g/mol. The molecule has 0 aliphatic heterocycles. The first-order valence-electron chi connectivity index (χ1n) is 6.58.